The molecule has 1 amide bonds. The summed E-state index contributed by atoms with van der Waals surface area (Å²) in [7, 11) is 0. The minimum absolute atomic E-state index is 0.0833. The van der Waals surface area contributed by atoms with Gasteiger partial charge in [0.25, 0.3) is 5.91 Å². The van der Waals surface area contributed by atoms with Gasteiger partial charge in [-0.15, -0.1) is 0 Å². The summed E-state index contributed by atoms with van der Waals surface area (Å²) in [6.45, 7) is 0.272. The fraction of sp³-hybridized carbons (Fsp3) is 0.0769. The smallest absolute Gasteiger partial charge is 0.262 e. The molecule has 0 spiro atoms. The van der Waals surface area contributed by atoms with Crippen LogP contribution in [0, 0.1) is 11.3 Å². The first-order chi connectivity index (χ1) is 8.79. The molecule has 0 aliphatic carbocycles. The lowest BCUT2D eigenvalue weighted by molar-refractivity contribution is -0.117. The van der Waals surface area contributed by atoms with E-state index in [-0.39, 0.29) is 12.1 Å². The Labute approximate surface area is 108 Å². The van der Waals surface area contributed by atoms with Crippen molar-refractivity contribution in [2.24, 2.45) is 0 Å². The molecule has 5 heteroatoms. The summed E-state index contributed by atoms with van der Waals surface area (Å²) in [5.41, 5.74) is 0.935. The summed E-state index contributed by atoms with van der Waals surface area (Å²) >= 11 is 1.51. The van der Waals surface area contributed by atoms with E-state index in [1.807, 2.05) is 22.9 Å². The highest BCUT2D eigenvalue weighted by atomic mass is 32.1. The lowest BCUT2D eigenvalue weighted by Crippen LogP contribution is -2.23. The molecule has 0 saturated heterocycles. The van der Waals surface area contributed by atoms with E-state index >= 15 is 0 Å². The average Bonchev–Trinajstić information content (AvgIpc) is 3.06. The van der Waals surface area contributed by atoms with E-state index in [4.69, 9.17) is 9.68 Å². The number of carbonyl (C=O) groups is 1. The Hall–Kier alpha value is -2.32. The first kappa shape index (κ1) is 12.1. The first-order valence-electron chi connectivity index (χ1n) is 5.24. The van der Waals surface area contributed by atoms with Crippen LogP contribution >= 0.6 is 11.3 Å². The highest BCUT2D eigenvalue weighted by Crippen LogP contribution is 2.11. The van der Waals surface area contributed by atoms with Crippen LogP contribution in [0.3, 0.4) is 0 Å². The molecule has 90 valence electrons. The summed E-state index contributed by atoms with van der Waals surface area (Å²) in [5, 5.41) is 15.3. The van der Waals surface area contributed by atoms with Gasteiger partial charge in [-0.3, -0.25) is 4.79 Å². The molecule has 4 nitrogen and oxygen atoms in total. The maximum atomic E-state index is 11.8. The molecule has 2 heterocycles. The summed E-state index contributed by atoms with van der Waals surface area (Å²) < 4.78 is 5.09. The monoisotopic (exact) mass is 258 g/mol. The lowest BCUT2D eigenvalue weighted by atomic mass is 10.2. The van der Waals surface area contributed by atoms with Crippen molar-refractivity contribution in [2.75, 3.05) is 0 Å². The number of hydrogen-bond acceptors (Lipinski definition) is 4. The van der Waals surface area contributed by atoms with Crippen molar-refractivity contribution in [3.63, 3.8) is 0 Å². The third-order valence-corrected chi connectivity index (χ3v) is 2.92. The second kappa shape index (κ2) is 5.84. The van der Waals surface area contributed by atoms with Gasteiger partial charge in [0.1, 0.15) is 17.4 Å². The molecule has 2 aromatic rings. The Kier molecular flexibility index (Phi) is 3.94. The van der Waals surface area contributed by atoms with Crippen molar-refractivity contribution < 1.29 is 9.21 Å². The number of nitrogens with one attached hydrogen (secondary N) is 1. The molecule has 0 aromatic carbocycles. The maximum absolute atomic E-state index is 11.8. The summed E-state index contributed by atoms with van der Waals surface area (Å²) in [4.78, 5) is 11.8. The van der Waals surface area contributed by atoms with Crippen LogP contribution in [-0.2, 0) is 11.3 Å². The van der Waals surface area contributed by atoms with Gasteiger partial charge in [-0.05, 0) is 40.6 Å². The average molecular weight is 258 g/mol. The van der Waals surface area contributed by atoms with E-state index in [2.05, 4.69) is 5.32 Å². The number of rotatable bonds is 4. The van der Waals surface area contributed by atoms with E-state index in [1.54, 1.807) is 18.2 Å². The number of carbonyl (C=O) groups excluding carboxylic acids is 1. The van der Waals surface area contributed by atoms with Gasteiger partial charge >= 0.3 is 0 Å². The standard InChI is InChI=1S/C13H10N2O2S/c14-7-11(6-10-3-5-18-9-10)13(16)15-8-12-2-1-4-17-12/h1-6,9H,8H2,(H,15,16)/b11-6-. The Bertz CT molecular complexity index is 577. The fourth-order valence-electron chi connectivity index (χ4n) is 1.35. The van der Waals surface area contributed by atoms with Crippen LogP contribution in [0.15, 0.2) is 45.2 Å². The van der Waals surface area contributed by atoms with Crippen molar-refractivity contribution in [3.05, 3.63) is 52.1 Å². The Morgan fingerprint density at radius 2 is 2.44 bits per heavy atom. The van der Waals surface area contributed by atoms with E-state index in [9.17, 15) is 4.79 Å². The first-order valence-corrected chi connectivity index (χ1v) is 6.18. The Balaban J connectivity index is 2.00. The van der Waals surface area contributed by atoms with Crippen molar-refractivity contribution in [3.8, 4) is 6.07 Å². The van der Waals surface area contributed by atoms with Crippen LogP contribution in [0.2, 0.25) is 0 Å². The number of amides is 1. The fourth-order valence-corrected chi connectivity index (χ4v) is 1.97. The topological polar surface area (TPSA) is 66.0 Å². The molecule has 0 fully saturated rings. The minimum atomic E-state index is -0.403. The lowest BCUT2D eigenvalue weighted by Gasteiger charge is -2.01. The molecule has 2 aromatic heterocycles. The second-order valence-electron chi connectivity index (χ2n) is 3.49. The molecule has 2 rings (SSSR count). The van der Waals surface area contributed by atoms with Gasteiger partial charge in [-0.1, -0.05) is 0 Å². The third kappa shape index (κ3) is 3.09. The highest BCUT2D eigenvalue weighted by Gasteiger charge is 2.09. The minimum Gasteiger partial charge on any atom is -0.467 e. The van der Waals surface area contributed by atoms with Crippen molar-refractivity contribution in [2.45, 2.75) is 6.54 Å². The van der Waals surface area contributed by atoms with E-state index < -0.39 is 5.91 Å². The maximum Gasteiger partial charge on any atom is 0.262 e. The van der Waals surface area contributed by atoms with Crippen molar-refractivity contribution in [1.29, 1.82) is 5.26 Å². The molecule has 18 heavy (non-hydrogen) atoms. The number of nitriles is 1. The zero-order valence-corrected chi connectivity index (χ0v) is 10.2. The third-order valence-electron chi connectivity index (χ3n) is 2.22. The molecule has 0 unspecified atom stereocenters. The molecular formula is C13H10N2O2S. The van der Waals surface area contributed by atoms with E-state index in [0.717, 1.165) is 5.56 Å². The van der Waals surface area contributed by atoms with Crippen LogP contribution in [0.4, 0.5) is 0 Å². The van der Waals surface area contributed by atoms with Gasteiger partial charge in [0.2, 0.25) is 0 Å². The highest BCUT2D eigenvalue weighted by molar-refractivity contribution is 7.08. The van der Waals surface area contributed by atoms with Gasteiger partial charge in [0.05, 0.1) is 12.8 Å². The SMILES string of the molecule is N#C/C(=C/c1ccsc1)C(=O)NCc1ccco1. The number of hydrogen-bond donors (Lipinski definition) is 1. The molecule has 0 bridgehead atoms. The number of furan rings is 1. The number of thiophene rings is 1. The molecular weight excluding hydrogens is 248 g/mol. The largest absolute Gasteiger partial charge is 0.467 e. The van der Waals surface area contributed by atoms with Crippen LogP contribution in [0.25, 0.3) is 6.08 Å². The molecule has 0 aliphatic rings. The summed E-state index contributed by atoms with van der Waals surface area (Å²) in [6.07, 6.45) is 3.10. The van der Waals surface area contributed by atoms with Gasteiger partial charge in [-0.2, -0.15) is 16.6 Å². The van der Waals surface area contributed by atoms with Crippen LogP contribution in [0.5, 0.6) is 0 Å². The number of nitrogens with zero attached hydrogens (tertiary/aromatic N) is 1. The van der Waals surface area contributed by atoms with E-state index in [1.165, 1.54) is 17.6 Å². The van der Waals surface area contributed by atoms with Crippen LogP contribution in [0.1, 0.15) is 11.3 Å². The van der Waals surface area contributed by atoms with Crippen LogP contribution < -0.4 is 5.32 Å². The Morgan fingerprint density at radius 3 is 3.06 bits per heavy atom. The molecule has 0 atom stereocenters. The van der Waals surface area contributed by atoms with Crippen LogP contribution in [-0.4, -0.2) is 5.91 Å². The summed E-state index contributed by atoms with van der Waals surface area (Å²) in [6, 6.07) is 7.25. The predicted molar refractivity (Wildman–Crippen MR) is 68.5 cm³/mol. The zero-order chi connectivity index (χ0) is 12.8. The normalized spacial score (nSPS) is 10.9. The quantitative estimate of drug-likeness (QED) is 0.677. The van der Waals surface area contributed by atoms with E-state index in [0.29, 0.717) is 5.76 Å². The second-order valence-corrected chi connectivity index (χ2v) is 4.27. The predicted octanol–water partition coefficient (Wildman–Crippen LogP) is 2.56. The van der Waals surface area contributed by atoms with Crippen molar-refractivity contribution in [1.82, 2.24) is 5.32 Å². The molecule has 0 aliphatic heterocycles. The van der Waals surface area contributed by atoms with Gasteiger partial charge in [-0.25, -0.2) is 0 Å². The molecule has 0 saturated carbocycles. The van der Waals surface area contributed by atoms with Gasteiger partial charge in [0.15, 0.2) is 0 Å². The summed E-state index contributed by atoms with van der Waals surface area (Å²) in [5.74, 6) is 0.247. The van der Waals surface area contributed by atoms with Crippen molar-refractivity contribution >= 4 is 23.3 Å². The Morgan fingerprint density at radius 1 is 1.56 bits per heavy atom. The zero-order valence-electron chi connectivity index (χ0n) is 9.42. The van der Waals surface area contributed by atoms with Gasteiger partial charge in [0, 0.05) is 0 Å². The molecule has 0 radical (unpaired) electrons. The molecule has 1 N–H and O–H groups in total. The van der Waals surface area contributed by atoms with Gasteiger partial charge < -0.3 is 9.73 Å².